The van der Waals surface area contributed by atoms with Crippen LogP contribution >= 0.6 is 0 Å². The van der Waals surface area contributed by atoms with Crippen molar-refractivity contribution in [2.75, 3.05) is 13.1 Å². The van der Waals surface area contributed by atoms with Crippen LogP contribution in [0.1, 0.15) is 74.8 Å². The molecule has 152 valence electrons. The molecule has 3 aliphatic heterocycles. The van der Waals surface area contributed by atoms with E-state index in [1.54, 1.807) is 0 Å². The fourth-order valence-electron chi connectivity index (χ4n) is 6.49. The summed E-state index contributed by atoms with van der Waals surface area (Å²) in [5.74, 6) is 2.19. The largest absolute Gasteiger partial charge is 0.438 e. The third kappa shape index (κ3) is 3.25. The van der Waals surface area contributed by atoms with Gasteiger partial charge in [0.15, 0.2) is 6.39 Å². The number of piperidine rings is 3. The molecule has 2 amide bonds. The van der Waals surface area contributed by atoms with Gasteiger partial charge in [-0.2, -0.15) is 0 Å². The van der Waals surface area contributed by atoms with Crippen molar-refractivity contribution in [3.05, 3.63) is 18.4 Å². The van der Waals surface area contributed by atoms with E-state index in [2.05, 4.69) is 9.88 Å². The Hall–Kier alpha value is -1.85. The van der Waals surface area contributed by atoms with E-state index in [-0.39, 0.29) is 5.91 Å². The van der Waals surface area contributed by atoms with E-state index in [1.807, 2.05) is 4.90 Å². The van der Waals surface area contributed by atoms with Crippen molar-refractivity contribution in [3.8, 4) is 0 Å². The van der Waals surface area contributed by atoms with Crippen LogP contribution < -0.4 is 0 Å². The van der Waals surface area contributed by atoms with Crippen LogP contribution in [0.25, 0.3) is 0 Å². The number of fused-ring (bicyclic) bond motifs is 4. The van der Waals surface area contributed by atoms with E-state index < -0.39 is 0 Å². The fraction of sp³-hybridized carbons (Fsp3) is 0.773. The van der Waals surface area contributed by atoms with Crippen molar-refractivity contribution in [3.63, 3.8) is 0 Å². The number of likely N-dealkylation sites (tertiary alicyclic amines) is 1. The van der Waals surface area contributed by atoms with Crippen molar-refractivity contribution < 1.29 is 14.0 Å². The van der Waals surface area contributed by atoms with Gasteiger partial charge in [0.2, 0.25) is 11.7 Å². The lowest BCUT2D eigenvalue weighted by Gasteiger charge is -2.57. The number of hydrogen-bond acceptors (Lipinski definition) is 4. The van der Waals surface area contributed by atoms with E-state index in [0.29, 0.717) is 42.0 Å². The third-order valence-corrected chi connectivity index (χ3v) is 7.73. The number of aromatic nitrogens is 1. The highest BCUT2D eigenvalue weighted by molar-refractivity contribution is 5.91. The molecule has 0 spiro atoms. The van der Waals surface area contributed by atoms with Gasteiger partial charge in [0.1, 0.15) is 0 Å². The summed E-state index contributed by atoms with van der Waals surface area (Å²) < 4.78 is 5.28. The standard InChI is InChI=1S/C22H31N3O3/c26-21-8-4-7-18-16-10-17(13-24(12-16)22(27)20-11-23-14-28-20)19(25(18)21)9-15-5-2-1-3-6-15/h11,14-19H,1-10,12-13H2/t16-,17+,18+,19+/m1/s1. The van der Waals surface area contributed by atoms with E-state index in [4.69, 9.17) is 4.42 Å². The lowest BCUT2D eigenvalue weighted by Crippen LogP contribution is -2.65. The Morgan fingerprint density at radius 2 is 1.93 bits per heavy atom. The van der Waals surface area contributed by atoms with Gasteiger partial charge in [-0.3, -0.25) is 9.59 Å². The molecule has 0 radical (unpaired) electrons. The van der Waals surface area contributed by atoms with Crippen molar-refractivity contribution in [2.24, 2.45) is 17.8 Å². The van der Waals surface area contributed by atoms with E-state index >= 15 is 0 Å². The molecule has 3 saturated heterocycles. The van der Waals surface area contributed by atoms with Crippen LogP contribution in [0, 0.1) is 17.8 Å². The molecule has 1 saturated carbocycles. The predicted octanol–water partition coefficient (Wildman–Crippen LogP) is 3.49. The molecule has 4 atom stereocenters. The highest BCUT2D eigenvalue weighted by atomic mass is 16.3. The molecule has 4 fully saturated rings. The molecule has 5 rings (SSSR count). The number of hydrogen-bond donors (Lipinski definition) is 0. The summed E-state index contributed by atoms with van der Waals surface area (Å²) in [6.07, 6.45) is 14.6. The molecule has 0 N–H and O–H groups in total. The van der Waals surface area contributed by atoms with Crippen LogP contribution in [0.5, 0.6) is 0 Å². The number of carbonyl (C=O) groups excluding carboxylic acids is 2. The van der Waals surface area contributed by atoms with Gasteiger partial charge in [0, 0.05) is 31.6 Å². The summed E-state index contributed by atoms with van der Waals surface area (Å²) in [6, 6.07) is 0.624. The van der Waals surface area contributed by atoms with E-state index in [0.717, 1.165) is 44.7 Å². The zero-order valence-electron chi connectivity index (χ0n) is 16.6. The molecule has 4 heterocycles. The quantitative estimate of drug-likeness (QED) is 0.799. The molecule has 6 heteroatoms. The number of oxazole rings is 1. The minimum atomic E-state index is -0.0424. The normalized spacial score (nSPS) is 33.6. The van der Waals surface area contributed by atoms with Gasteiger partial charge in [-0.1, -0.05) is 32.1 Å². The molecule has 1 aromatic heterocycles. The second-order valence-electron chi connectivity index (χ2n) is 9.40. The first-order valence-corrected chi connectivity index (χ1v) is 11.2. The molecule has 0 aromatic carbocycles. The zero-order chi connectivity index (χ0) is 19.1. The summed E-state index contributed by atoms with van der Waals surface area (Å²) in [4.78, 5) is 34.0. The predicted molar refractivity (Wildman–Crippen MR) is 103 cm³/mol. The SMILES string of the molecule is O=C(c1cnco1)N1C[C@H]2C[C@@H](C1)[C@H](CC1CCCCC1)N1C(=O)CCC[C@@H]21. The zero-order valence-corrected chi connectivity index (χ0v) is 16.6. The summed E-state index contributed by atoms with van der Waals surface area (Å²) in [5, 5.41) is 0. The smallest absolute Gasteiger partial charge is 0.291 e. The van der Waals surface area contributed by atoms with Crippen LogP contribution in [-0.4, -0.2) is 51.8 Å². The molecule has 4 aliphatic rings. The monoisotopic (exact) mass is 385 g/mol. The first-order chi connectivity index (χ1) is 13.7. The molecule has 1 aromatic rings. The number of carbonyl (C=O) groups is 2. The van der Waals surface area contributed by atoms with Crippen molar-refractivity contribution in [1.29, 1.82) is 0 Å². The van der Waals surface area contributed by atoms with Crippen molar-refractivity contribution >= 4 is 11.8 Å². The fourth-order valence-corrected chi connectivity index (χ4v) is 6.49. The Labute approximate surface area is 166 Å². The van der Waals surface area contributed by atoms with Gasteiger partial charge in [-0.05, 0) is 43.4 Å². The van der Waals surface area contributed by atoms with E-state index in [9.17, 15) is 9.59 Å². The average molecular weight is 386 g/mol. The molecule has 6 nitrogen and oxygen atoms in total. The Bertz CT molecular complexity index is 713. The molecule has 0 unspecified atom stereocenters. The Morgan fingerprint density at radius 1 is 1.11 bits per heavy atom. The maximum absolute atomic E-state index is 12.9. The van der Waals surface area contributed by atoms with Gasteiger partial charge in [-0.15, -0.1) is 0 Å². The molecule has 2 bridgehead atoms. The first kappa shape index (κ1) is 18.2. The summed E-state index contributed by atoms with van der Waals surface area (Å²) in [6.45, 7) is 1.48. The van der Waals surface area contributed by atoms with Crippen molar-refractivity contribution in [2.45, 2.75) is 76.3 Å². The number of nitrogens with zero attached hydrogens (tertiary/aromatic N) is 3. The van der Waals surface area contributed by atoms with Crippen LogP contribution in [0.15, 0.2) is 17.0 Å². The Balaban J connectivity index is 1.40. The van der Waals surface area contributed by atoms with Crippen molar-refractivity contribution in [1.82, 2.24) is 14.8 Å². The highest BCUT2D eigenvalue weighted by Gasteiger charge is 2.50. The van der Waals surface area contributed by atoms with Gasteiger partial charge in [-0.25, -0.2) is 4.98 Å². The van der Waals surface area contributed by atoms with Crippen LogP contribution in [0.2, 0.25) is 0 Å². The van der Waals surface area contributed by atoms with E-state index in [1.165, 1.54) is 44.7 Å². The minimum Gasteiger partial charge on any atom is -0.438 e. The maximum Gasteiger partial charge on any atom is 0.291 e. The second kappa shape index (κ2) is 7.53. The number of rotatable bonds is 3. The summed E-state index contributed by atoms with van der Waals surface area (Å²) in [5.41, 5.74) is 0. The minimum absolute atomic E-state index is 0.0424. The van der Waals surface area contributed by atoms with Crippen LogP contribution in [0.4, 0.5) is 0 Å². The molecular formula is C22H31N3O3. The van der Waals surface area contributed by atoms with Gasteiger partial charge >= 0.3 is 0 Å². The van der Waals surface area contributed by atoms with Gasteiger partial charge in [0.05, 0.1) is 6.20 Å². The second-order valence-corrected chi connectivity index (χ2v) is 9.40. The van der Waals surface area contributed by atoms with Gasteiger partial charge in [0.25, 0.3) is 5.91 Å². The topological polar surface area (TPSA) is 66.7 Å². The summed E-state index contributed by atoms with van der Waals surface area (Å²) >= 11 is 0. The summed E-state index contributed by atoms with van der Waals surface area (Å²) in [7, 11) is 0. The Morgan fingerprint density at radius 3 is 2.71 bits per heavy atom. The molecular weight excluding hydrogens is 354 g/mol. The molecule has 28 heavy (non-hydrogen) atoms. The Kier molecular flexibility index (Phi) is 4.89. The third-order valence-electron chi connectivity index (χ3n) is 7.73. The molecule has 1 aliphatic carbocycles. The van der Waals surface area contributed by atoms with Crippen LogP contribution in [-0.2, 0) is 4.79 Å². The lowest BCUT2D eigenvalue weighted by atomic mass is 9.69. The van der Waals surface area contributed by atoms with Gasteiger partial charge < -0.3 is 14.2 Å². The lowest BCUT2D eigenvalue weighted by molar-refractivity contribution is -0.153. The average Bonchev–Trinajstić information content (AvgIpc) is 3.26. The first-order valence-electron chi connectivity index (χ1n) is 11.2. The highest BCUT2D eigenvalue weighted by Crippen LogP contribution is 2.44. The van der Waals surface area contributed by atoms with Crippen LogP contribution in [0.3, 0.4) is 0 Å². The number of amides is 2. The maximum atomic E-state index is 12.9.